The average Bonchev–Trinajstić information content (AvgIpc) is 3.12. The summed E-state index contributed by atoms with van der Waals surface area (Å²) in [5.74, 6) is 2.42. The highest BCUT2D eigenvalue weighted by atomic mass is 79.9. The van der Waals surface area contributed by atoms with Gasteiger partial charge < -0.3 is 4.74 Å². The summed E-state index contributed by atoms with van der Waals surface area (Å²) in [6.45, 7) is 2.62. The van der Waals surface area contributed by atoms with Gasteiger partial charge in [0.15, 0.2) is 11.5 Å². The van der Waals surface area contributed by atoms with Crippen molar-refractivity contribution >= 4 is 33.3 Å². The normalized spacial score (nSPS) is 11.0. The van der Waals surface area contributed by atoms with E-state index in [4.69, 9.17) is 9.84 Å². The summed E-state index contributed by atoms with van der Waals surface area (Å²) in [4.78, 5) is 0. The number of thioether (sulfide) groups is 1. The first-order valence-electron chi connectivity index (χ1n) is 8.56. The van der Waals surface area contributed by atoms with E-state index in [1.165, 1.54) is 5.56 Å². The fourth-order valence-electron chi connectivity index (χ4n) is 2.63. The average molecular weight is 441 g/mol. The molecule has 2 aromatic heterocycles. The summed E-state index contributed by atoms with van der Waals surface area (Å²) in [7, 11) is 0. The second-order valence-corrected chi connectivity index (χ2v) is 7.75. The van der Waals surface area contributed by atoms with E-state index in [0.717, 1.165) is 38.0 Å². The van der Waals surface area contributed by atoms with Crippen LogP contribution in [0.15, 0.2) is 70.2 Å². The van der Waals surface area contributed by atoms with Crippen molar-refractivity contribution in [3.8, 4) is 17.1 Å². The van der Waals surface area contributed by atoms with Gasteiger partial charge in [-0.1, -0.05) is 39.8 Å². The molecular weight excluding hydrogens is 424 g/mol. The first kappa shape index (κ1) is 18.0. The molecule has 0 saturated carbocycles. The van der Waals surface area contributed by atoms with Crippen molar-refractivity contribution in [2.24, 2.45) is 0 Å². The van der Waals surface area contributed by atoms with Crippen LogP contribution in [0.3, 0.4) is 0 Å². The second-order valence-electron chi connectivity index (χ2n) is 5.84. The molecule has 27 heavy (non-hydrogen) atoms. The van der Waals surface area contributed by atoms with E-state index in [-0.39, 0.29) is 0 Å². The molecule has 0 fully saturated rings. The van der Waals surface area contributed by atoms with Crippen molar-refractivity contribution < 1.29 is 4.74 Å². The maximum absolute atomic E-state index is 5.50. The first-order chi connectivity index (χ1) is 13.2. The maximum atomic E-state index is 5.50. The number of rotatable bonds is 6. The Labute approximate surface area is 169 Å². The van der Waals surface area contributed by atoms with Gasteiger partial charge in [-0.3, -0.25) is 0 Å². The lowest BCUT2D eigenvalue weighted by Gasteiger charge is -2.05. The Balaban J connectivity index is 1.58. The molecule has 0 amide bonds. The minimum Gasteiger partial charge on any atom is -0.494 e. The lowest BCUT2D eigenvalue weighted by atomic mass is 10.2. The first-order valence-corrected chi connectivity index (χ1v) is 10.3. The number of halogens is 1. The van der Waals surface area contributed by atoms with Crippen LogP contribution in [0.25, 0.3) is 17.0 Å². The van der Waals surface area contributed by atoms with Crippen LogP contribution in [0.2, 0.25) is 0 Å². The van der Waals surface area contributed by atoms with Gasteiger partial charge in [-0.05, 0) is 61.0 Å². The minimum atomic E-state index is 0.647. The fraction of sp³-hybridized carbons (Fsp3) is 0.150. The Morgan fingerprint density at radius 1 is 0.963 bits per heavy atom. The van der Waals surface area contributed by atoms with Gasteiger partial charge in [0.2, 0.25) is 0 Å². The number of fused-ring (bicyclic) bond motifs is 1. The van der Waals surface area contributed by atoms with Crippen molar-refractivity contribution in [1.29, 1.82) is 0 Å². The summed E-state index contributed by atoms with van der Waals surface area (Å²) < 4.78 is 8.38. The summed E-state index contributed by atoms with van der Waals surface area (Å²) in [5.41, 5.74) is 2.93. The van der Waals surface area contributed by atoms with Crippen molar-refractivity contribution in [2.45, 2.75) is 17.7 Å². The quantitative estimate of drug-likeness (QED) is 0.383. The molecule has 0 N–H and O–H groups in total. The molecule has 0 radical (unpaired) electrons. The monoisotopic (exact) mass is 440 g/mol. The standard InChI is InChI=1S/C20H17BrN4OS/c1-2-26-17-9-5-15(6-10-17)20-23-22-18-11-12-19(24-25(18)20)27-13-14-3-7-16(21)8-4-14/h3-12H,2,13H2,1H3. The van der Waals surface area contributed by atoms with Gasteiger partial charge in [-0.25, -0.2) is 0 Å². The molecule has 0 bridgehead atoms. The predicted octanol–water partition coefficient (Wildman–Crippen LogP) is 5.24. The Hall–Kier alpha value is -2.38. The molecule has 5 nitrogen and oxygen atoms in total. The van der Waals surface area contributed by atoms with Gasteiger partial charge in [0.1, 0.15) is 10.8 Å². The Morgan fingerprint density at radius 3 is 2.48 bits per heavy atom. The van der Waals surface area contributed by atoms with Gasteiger partial charge >= 0.3 is 0 Å². The number of hydrogen-bond donors (Lipinski definition) is 0. The van der Waals surface area contributed by atoms with E-state index in [1.54, 1.807) is 16.3 Å². The highest BCUT2D eigenvalue weighted by Crippen LogP contribution is 2.25. The zero-order chi connectivity index (χ0) is 18.6. The molecule has 0 saturated heterocycles. The van der Waals surface area contributed by atoms with Crippen molar-refractivity contribution in [3.63, 3.8) is 0 Å². The third-order valence-electron chi connectivity index (χ3n) is 3.96. The fourth-order valence-corrected chi connectivity index (χ4v) is 3.71. The van der Waals surface area contributed by atoms with Crippen LogP contribution in [-0.2, 0) is 5.75 Å². The summed E-state index contributed by atoms with van der Waals surface area (Å²) in [6, 6.07) is 20.1. The minimum absolute atomic E-state index is 0.647. The Kier molecular flexibility index (Phi) is 5.40. The molecule has 7 heteroatoms. The molecule has 0 aliphatic heterocycles. The van der Waals surface area contributed by atoms with Gasteiger partial charge in [0, 0.05) is 15.8 Å². The van der Waals surface area contributed by atoms with Gasteiger partial charge in [-0.15, -0.1) is 10.2 Å². The molecule has 2 aromatic carbocycles. The third kappa shape index (κ3) is 4.14. The smallest absolute Gasteiger partial charge is 0.185 e. The molecule has 0 aliphatic rings. The van der Waals surface area contributed by atoms with Gasteiger partial charge in [0.25, 0.3) is 0 Å². The predicted molar refractivity (Wildman–Crippen MR) is 111 cm³/mol. The maximum Gasteiger partial charge on any atom is 0.185 e. The highest BCUT2D eigenvalue weighted by molar-refractivity contribution is 9.10. The van der Waals surface area contributed by atoms with Crippen LogP contribution >= 0.6 is 27.7 Å². The largest absolute Gasteiger partial charge is 0.494 e. The molecule has 4 rings (SSSR count). The SMILES string of the molecule is CCOc1ccc(-c2nnc3ccc(SCc4ccc(Br)cc4)nn23)cc1. The lowest BCUT2D eigenvalue weighted by Crippen LogP contribution is -1.97. The molecule has 0 spiro atoms. The lowest BCUT2D eigenvalue weighted by molar-refractivity contribution is 0.340. The van der Waals surface area contributed by atoms with E-state index < -0.39 is 0 Å². The van der Waals surface area contributed by atoms with Crippen molar-refractivity contribution in [3.05, 3.63) is 70.7 Å². The summed E-state index contributed by atoms with van der Waals surface area (Å²) in [5, 5.41) is 14.2. The van der Waals surface area contributed by atoms with Crippen LogP contribution in [0, 0.1) is 0 Å². The Morgan fingerprint density at radius 2 is 1.74 bits per heavy atom. The third-order valence-corrected chi connectivity index (χ3v) is 5.48. The van der Waals surface area contributed by atoms with E-state index >= 15 is 0 Å². The van der Waals surface area contributed by atoms with Crippen molar-refractivity contribution in [2.75, 3.05) is 6.61 Å². The molecule has 0 aliphatic carbocycles. The Bertz CT molecular complexity index is 1050. The molecule has 0 unspecified atom stereocenters. The number of nitrogens with zero attached hydrogens (tertiary/aromatic N) is 4. The zero-order valence-corrected chi connectivity index (χ0v) is 17.1. The van der Waals surface area contributed by atoms with E-state index in [9.17, 15) is 0 Å². The van der Waals surface area contributed by atoms with Crippen LogP contribution in [0.4, 0.5) is 0 Å². The summed E-state index contributed by atoms with van der Waals surface area (Å²) >= 11 is 5.15. The molecular formula is C20H17BrN4OS. The van der Waals surface area contributed by atoms with Gasteiger partial charge in [-0.2, -0.15) is 9.61 Å². The zero-order valence-electron chi connectivity index (χ0n) is 14.7. The van der Waals surface area contributed by atoms with E-state index in [2.05, 4.69) is 50.4 Å². The van der Waals surface area contributed by atoms with Crippen LogP contribution in [0.5, 0.6) is 5.75 Å². The molecule has 4 aromatic rings. The van der Waals surface area contributed by atoms with Crippen LogP contribution in [0.1, 0.15) is 12.5 Å². The van der Waals surface area contributed by atoms with Crippen LogP contribution < -0.4 is 4.74 Å². The highest BCUT2D eigenvalue weighted by Gasteiger charge is 2.10. The topological polar surface area (TPSA) is 52.3 Å². The van der Waals surface area contributed by atoms with E-state index in [0.29, 0.717) is 6.61 Å². The number of ether oxygens (including phenoxy) is 1. The number of benzene rings is 2. The van der Waals surface area contributed by atoms with Gasteiger partial charge in [0.05, 0.1) is 6.61 Å². The van der Waals surface area contributed by atoms with E-state index in [1.807, 2.05) is 43.3 Å². The number of aromatic nitrogens is 4. The van der Waals surface area contributed by atoms with Crippen LogP contribution in [-0.4, -0.2) is 26.4 Å². The molecule has 0 atom stereocenters. The van der Waals surface area contributed by atoms with Crippen molar-refractivity contribution in [1.82, 2.24) is 19.8 Å². The second kappa shape index (κ2) is 8.10. The molecule has 136 valence electrons. The summed E-state index contributed by atoms with van der Waals surface area (Å²) in [6.07, 6.45) is 0. The number of hydrogen-bond acceptors (Lipinski definition) is 5. The molecule has 2 heterocycles.